The van der Waals surface area contributed by atoms with Crippen molar-refractivity contribution in [1.82, 2.24) is 14.9 Å². The van der Waals surface area contributed by atoms with Gasteiger partial charge in [0.15, 0.2) is 0 Å². The monoisotopic (exact) mass is 576 g/mol. The second-order valence-electron chi connectivity index (χ2n) is 12.5. The van der Waals surface area contributed by atoms with Crippen molar-refractivity contribution in [2.75, 3.05) is 50.1 Å². The van der Waals surface area contributed by atoms with Crippen molar-refractivity contribution in [1.29, 1.82) is 5.26 Å². The highest BCUT2D eigenvalue weighted by atomic mass is 19.1. The maximum Gasteiger partial charge on any atom is 0.318 e. The number of fused-ring (bicyclic) bond motifs is 4. The summed E-state index contributed by atoms with van der Waals surface area (Å²) < 4.78 is 33.1. The molecule has 3 saturated heterocycles. The molecular formula is C31H37FN6O4. The topological polar surface area (TPSA) is 127 Å². The number of nitrogens with two attached hydrogens (primary N) is 1. The second kappa shape index (κ2) is 10.4. The Balaban J connectivity index is 1.30. The smallest absolute Gasteiger partial charge is 0.318 e. The SMILES string of the molecule is CC1CCC2(Cc3nc(OCC45CCCN4CC(F)C5)nc(N4CCOCCC4=O)c3CO2)c2c1ccc(N)c2C#N. The molecule has 3 fully saturated rings. The molecule has 0 saturated carbocycles. The van der Waals surface area contributed by atoms with Crippen LogP contribution in [0.2, 0.25) is 0 Å². The minimum absolute atomic E-state index is 0.0763. The van der Waals surface area contributed by atoms with E-state index in [1.165, 1.54) is 0 Å². The fourth-order valence-electron chi connectivity index (χ4n) is 7.87. The first-order valence-electron chi connectivity index (χ1n) is 15.1. The van der Waals surface area contributed by atoms with Crippen molar-refractivity contribution in [3.05, 3.63) is 40.1 Å². The van der Waals surface area contributed by atoms with Gasteiger partial charge in [0, 0.05) is 36.2 Å². The molecule has 1 amide bonds. The van der Waals surface area contributed by atoms with Gasteiger partial charge in [-0.15, -0.1) is 0 Å². The molecule has 11 heteroatoms. The number of anilines is 2. The molecule has 7 rings (SSSR count). The number of ether oxygens (including phenoxy) is 3. The van der Waals surface area contributed by atoms with Crippen LogP contribution in [0.1, 0.15) is 79.3 Å². The third kappa shape index (κ3) is 4.43. The summed E-state index contributed by atoms with van der Waals surface area (Å²) in [5.74, 6) is 0.665. The molecule has 5 aliphatic rings. The van der Waals surface area contributed by atoms with Crippen LogP contribution in [-0.2, 0) is 32.9 Å². The van der Waals surface area contributed by atoms with Gasteiger partial charge < -0.3 is 19.9 Å². The average Bonchev–Trinajstić information content (AvgIpc) is 3.41. The van der Waals surface area contributed by atoms with Crippen LogP contribution >= 0.6 is 0 Å². The fourth-order valence-corrected chi connectivity index (χ4v) is 7.87. The molecule has 2 N–H and O–H groups in total. The summed E-state index contributed by atoms with van der Waals surface area (Å²) >= 11 is 0. The normalized spacial score (nSPS) is 30.9. The zero-order valence-corrected chi connectivity index (χ0v) is 24.0. The van der Waals surface area contributed by atoms with Crippen LogP contribution in [-0.4, -0.2) is 71.9 Å². The van der Waals surface area contributed by atoms with Gasteiger partial charge in [-0.2, -0.15) is 15.2 Å². The number of carbonyl (C=O) groups is 1. The highest BCUT2D eigenvalue weighted by Gasteiger charge is 2.50. The van der Waals surface area contributed by atoms with Gasteiger partial charge in [0.05, 0.1) is 49.6 Å². The highest BCUT2D eigenvalue weighted by molar-refractivity contribution is 5.93. The van der Waals surface area contributed by atoms with Crippen LogP contribution in [0.15, 0.2) is 12.1 Å². The van der Waals surface area contributed by atoms with Gasteiger partial charge in [-0.25, -0.2) is 4.39 Å². The Bertz CT molecular complexity index is 1460. The summed E-state index contributed by atoms with van der Waals surface area (Å²) in [7, 11) is 0. The Morgan fingerprint density at radius 1 is 1.26 bits per heavy atom. The molecule has 4 unspecified atom stereocenters. The molecular weight excluding hydrogens is 539 g/mol. The molecule has 10 nitrogen and oxygen atoms in total. The second-order valence-corrected chi connectivity index (χ2v) is 12.5. The summed E-state index contributed by atoms with van der Waals surface area (Å²) in [5, 5.41) is 10.1. The molecule has 0 bridgehead atoms. The summed E-state index contributed by atoms with van der Waals surface area (Å²) in [6.07, 6.45) is 3.71. The molecule has 4 aliphatic heterocycles. The molecule has 5 heterocycles. The maximum atomic E-state index is 14.4. The standard InChI is InChI=1S/C31H37FN6O4/c1-19-5-8-31(27-21(19)3-4-24(34)22(27)15-33)14-25-23(17-42-31)28(38-10-12-40-11-6-26(38)39)36-29(35-25)41-18-30-7-2-9-37(30)16-20(32)13-30/h3-4,19-20H,2,5-14,16-18,34H2,1H3. The van der Waals surface area contributed by atoms with Crippen LogP contribution < -0.4 is 15.4 Å². The molecule has 1 aromatic carbocycles. The number of nitrogens with zero attached hydrogens (tertiary/aromatic N) is 5. The summed E-state index contributed by atoms with van der Waals surface area (Å²) in [4.78, 5) is 26.7. The van der Waals surface area contributed by atoms with Crippen LogP contribution in [0.4, 0.5) is 15.9 Å². The Hall–Kier alpha value is -3.33. The Morgan fingerprint density at radius 3 is 3.00 bits per heavy atom. The number of aromatic nitrogens is 2. The highest BCUT2D eigenvalue weighted by Crippen LogP contribution is 2.51. The van der Waals surface area contributed by atoms with Gasteiger partial charge in [0.2, 0.25) is 5.91 Å². The average molecular weight is 577 g/mol. The van der Waals surface area contributed by atoms with E-state index in [-0.39, 0.29) is 36.4 Å². The van der Waals surface area contributed by atoms with Crippen molar-refractivity contribution in [2.45, 2.75) is 81.7 Å². The number of rotatable bonds is 4. The number of nitriles is 1. The maximum absolute atomic E-state index is 14.4. The van der Waals surface area contributed by atoms with Crippen LogP contribution in [0.5, 0.6) is 6.01 Å². The number of carbonyl (C=O) groups excluding carboxylic acids is 1. The van der Waals surface area contributed by atoms with Crippen molar-refractivity contribution in [2.24, 2.45) is 0 Å². The van der Waals surface area contributed by atoms with E-state index in [9.17, 15) is 14.4 Å². The summed E-state index contributed by atoms with van der Waals surface area (Å²) in [6, 6.07) is 6.34. The van der Waals surface area contributed by atoms with E-state index in [2.05, 4.69) is 17.9 Å². The molecule has 1 aliphatic carbocycles. The predicted molar refractivity (Wildman–Crippen MR) is 152 cm³/mol. The minimum atomic E-state index is -0.865. The minimum Gasteiger partial charge on any atom is -0.461 e. The lowest BCUT2D eigenvalue weighted by Crippen LogP contribution is -2.44. The number of halogens is 1. The van der Waals surface area contributed by atoms with Crippen molar-refractivity contribution >= 4 is 17.4 Å². The third-order valence-corrected chi connectivity index (χ3v) is 10.1. The zero-order chi connectivity index (χ0) is 29.1. The molecule has 222 valence electrons. The van der Waals surface area contributed by atoms with Gasteiger partial charge in [0.25, 0.3) is 0 Å². The van der Waals surface area contributed by atoms with Gasteiger partial charge in [-0.05, 0) is 49.8 Å². The molecule has 4 atom stereocenters. The van der Waals surface area contributed by atoms with Gasteiger partial charge >= 0.3 is 6.01 Å². The van der Waals surface area contributed by atoms with Gasteiger partial charge in [0.1, 0.15) is 30.3 Å². The molecule has 42 heavy (non-hydrogen) atoms. The fraction of sp³-hybridized carbons (Fsp3) is 0.613. The third-order valence-electron chi connectivity index (χ3n) is 10.1. The lowest BCUT2D eigenvalue weighted by Gasteiger charge is -2.45. The number of alkyl halides is 1. The van der Waals surface area contributed by atoms with Gasteiger partial charge in [-0.3, -0.25) is 14.6 Å². The lowest BCUT2D eigenvalue weighted by atomic mass is 9.69. The number of hydrogen-bond donors (Lipinski definition) is 1. The molecule has 1 spiro atoms. The van der Waals surface area contributed by atoms with Crippen molar-refractivity contribution in [3.63, 3.8) is 0 Å². The summed E-state index contributed by atoms with van der Waals surface area (Å²) in [5.41, 5.74) is 9.46. The van der Waals surface area contributed by atoms with E-state index in [1.807, 2.05) is 6.07 Å². The van der Waals surface area contributed by atoms with E-state index < -0.39 is 11.8 Å². The lowest BCUT2D eigenvalue weighted by molar-refractivity contribution is -0.118. The number of hydrogen-bond acceptors (Lipinski definition) is 9. The van der Waals surface area contributed by atoms with Crippen LogP contribution in [0.25, 0.3) is 0 Å². The van der Waals surface area contributed by atoms with Crippen molar-refractivity contribution < 1.29 is 23.4 Å². The van der Waals surface area contributed by atoms with E-state index in [1.54, 1.807) is 11.0 Å². The Morgan fingerprint density at radius 2 is 2.14 bits per heavy atom. The van der Waals surface area contributed by atoms with Gasteiger partial charge in [-0.1, -0.05) is 13.0 Å². The first-order chi connectivity index (χ1) is 20.3. The van der Waals surface area contributed by atoms with Crippen LogP contribution in [0.3, 0.4) is 0 Å². The Labute approximate surface area is 244 Å². The van der Waals surface area contributed by atoms with Crippen molar-refractivity contribution in [3.8, 4) is 12.1 Å². The number of amides is 1. The number of benzene rings is 1. The van der Waals surface area contributed by atoms with E-state index in [0.29, 0.717) is 69.2 Å². The largest absolute Gasteiger partial charge is 0.461 e. The number of nitrogen functional groups attached to an aromatic ring is 1. The summed E-state index contributed by atoms with van der Waals surface area (Å²) in [6.45, 7) is 5.07. The Kier molecular flexibility index (Phi) is 6.83. The predicted octanol–water partition coefficient (Wildman–Crippen LogP) is 3.50. The van der Waals surface area contributed by atoms with E-state index in [4.69, 9.17) is 29.9 Å². The van der Waals surface area contributed by atoms with E-state index in [0.717, 1.165) is 48.2 Å². The van der Waals surface area contributed by atoms with Crippen LogP contribution in [0, 0.1) is 11.3 Å². The molecule has 2 aromatic rings. The zero-order valence-electron chi connectivity index (χ0n) is 24.0. The molecule has 1 aromatic heterocycles. The van der Waals surface area contributed by atoms with E-state index >= 15 is 0 Å². The quantitative estimate of drug-likeness (QED) is 0.544. The molecule has 0 radical (unpaired) electrons. The first kappa shape index (κ1) is 27.5. The first-order valence-corrected chi connectivity index (χ1v) is 15.1.